The minimum absolute atomic E-state index is 0.202. The first-order valence-corrected chi connectivity index (χ1v) is 11.9. The van der Waals surface area contributed by atoms with Gasteiger partial charge in [-0.25, -0.2) is 9.97 Å². The largest absolute Gasteiger partial charge is 0.339 e. The van der Waals surface area contributed by atoms with Gasteiger partial charge in [-0.3, -0.25) is 5.10 Å². The Morgan fingerprint density at radius 3 is 2.50 bits per heavy atom. The molecule has 6 rings (SSSR count). The minimum Gasteiger partial charge on any atom is -0.339 e. The van der Waals surface area contributed by atoms with E-state index < -0.39 is 0 Å². The molecule has 2 aliphatic rings. The predicted molar refractivity (Wildman–Crippen MR) is 127 cm³/mol. The summed E-state index contributed by atoms with van der Waals surface area (Å²) in [6.07, 6.45) is 10.2. The molecule has 2 aliphatic heterocycles. The number of hydrogen-bond donors (Lipinski definition) is 2. The van der Waals surface area contributed by atoms with Crippen molar-refractivity contribution in [2.24, 2.45) is 0 Å². The molecule has 8 nitrogen and oxygen atoms in total. The van der Waals surface area contributed by atoms with E-state index in [0.29, 0.717) is 12.0 Å². The average Bonchev–Trinajstić information content (AvgIpc) is 3.52. The molecule has 1 unspecified atom stereocenters. The lowest BCUT2D eigenvalue weighted by atomic mass is 9.84. The van der Waals surface area contributed by atoms with Gasteiger partial charge in [0.05, 0.1) is 28.1 Å². The van der Waals surface area contributed by atoms with Crippen LogP contribution in [0.1, 0.15) is 39.5 Å². The van der Waals surface area contributed by atoms with Crippen LogP contribution < -0.4 is 10.2 Å². The third-order valence-electron chi connectivity index (χ3n) is 7.19. The first-order chi connectivity index (χ1) is 15.4. The molecule has 1 aromatic carbocycles. The topological polar surface area (TPSA) is 95.5 Å². The van der Waals surface area contributed by atoms with E-state index in [4.69, 9.17) is 4.98 Å². The highest BCUT2D eigenvalue weighted by atomic mass is 32.1. The summed E-state index contributed by atoms with van der Waals surface area (Å²) in [7, 11) is 2.10. The van der Waals surface area contributed by atoms with Gasteiger partial charge >= 0.3 is 0 Å². The van der Waals surface area contributed by atoms with Gasteiger partial charge in [0.1, 0.15) is 5.69 Å². The molecule has 2 N–H and O–H groups in total. The van der Waals surface area contributed by atoms with Gasteiger partial charge < -0.3 is 10.2 Å². The third-order valence-corrected chi connectivity index (χ3v) is 8.05. The van der Waals surface area contributed by atoms with E-state index in [-0.39, 0.29) is 11.1 Å². The maximum Gasteiger partial charge on any atom is 0.245 e. The van der Waals surface area contributed by atoms with Crippen molar-refractivity contribution in [2.75, 3.05) is 11.9 Å². The summed E-state index contributed by atoms with van der Waals surface area (Å²) in [6, 6.07) is 4.55. The molecule has 32 heavy (non-hydrogen) atoms. The lowest BCUT2D eigenvalue weighted by Crippen LogP contribution is -2.58. The number of rotatable bonds is 4. The Morgan fingerprint density at radius 2 is 1.81 bits per heavy atom. The number of nitrogens with zero attached hydrogens (tertiary/aromatic N) is 6. The Balaban J connectivity index is 1.29. The van der Waals surface area contributed by atoms with Crippen molar-refractivity contribution < 1.29 is 0 Å². The van der Waals surface area contributed by atoms with E-state index in [0.717, 1.165) is 45.4 Å². The molecule has 0 spiro atoms. The molecular formula is C23H26N8S. The molecule has 0 radical (unpaired) electrons. The zero-order valence-corrected chi connectivity index (χ0v) is 19.3. The fourth-order valence-corrected chi connectivity index (χ4v) is 6.44. The molecule has 5 heterocycles. The minimum atomic E-state index is 0.202. The first kappa shape index (κ1) is 19.8. The molecule has 3 atom stereocenters. The lowest BCUT2D eigenvalue weighted by molar-refractivity contribution is 0.207. The number of hydrogen-bond acceptors (Lipinski definition) is 8. The SMILES string of the molecule is CN(c1ncc(-c2ccc(-c3cn[nH]c3)c3ncsc23)nn1)C1C[C@]2(C)CC[C@](C)(C1)N2. The van der Waals surface area contributed by atoms with Crippen LogP contribution in [0.2, 0.25) is 0 Å². The fourth-order valence-electron chi connectivity index (χ4n) is 5.60. The van der Waals surface area contributed by atoms with E-state index >= 15 is 0 Å². The second kappa shape index (κ2) is 7.05. The van der Waals surface area contributed by atoms with Crippen molar-refractivity contribution >= 4 is 27.5 Å². The Hall–Kier alpha value is -2.91. The molecule has 4 aromatic rings. The van der Waals surface area contributed by atoms with Crippen molar-refractivity contribution in [3.05, 3.63) is 36.2 Å². The van der Waals surface area contributed by atoms with Gasteiger partial charge in [0, 0.05) is 47.1 Å². The summed E-state index contributed by atoms with van der Waals surface area (Å²) >= 11 is 1.61. The van der Waals surface area contributed by atoms with E-state index in [1.807, 2.05) is 24.1 Å². The molecule has 2 fully saturated rings. The van der Waals surface area contributed by atoms with Crippen molar-refractivity contribution in [3.8, 4) is 22.4 Å². The maximum atomic E-state index is 4.71. The Kier molecular flexibility index (Phi) is 4.35. The molecule has 3 aromatic heterocycles. The van der Waals surface area contributed by atoms with Crippen molar-refractivity contribution in [3.63, 3.8) is 0 Å². The summed E-state index contributed by atoms with van der Waals surface area (Å²) in [5, 5.41) is 19.9. The number of aromatic amines is 1. The van der Waals surface area contributed by atoms with Gasteiger partial charge in [0.15, 0.2) is 0 Å². The third kappa shape index (κ3) is 3.18. The fraction of sp³-hybridized carbons (Fsp3) is 0.435. The lowest BCUT2D eigenvalue weighted by Gasteiger charge is -2.45. The molecule has 0 amide bonds. The van der Waals surface area contributed by atoms with Gasteiger partial charge in [-0.1, -0.05) is 12.1 Å². The standard InChI is InChI=1S/C23H26N8S/c1-22-6-7-23(2,30-22)9-15(8-22)31(3)21-24-12-18(28-29-21)17-5-4-16(14-10-26-27-11-14)19-20(17)32-13-25-19/h4-5,10-13,15,30H,6-9H2,1-3H3,(H,26,27)/t15?,22-,23+. The highest BCUT2D eigenvalue weighted by Gasteiger charge is 2.49. The van der Waals surface area contributed by atoms with E-state index in [1.165, 1.54) is 12.8 Å². The predicted octanol–water partition coefficient (Wildman–Crippen LogP) is 4.04. The normalized spacial score (nSPS) is 27.2. The van der Waals surface area contributed by atoms with Crippen LogP contribution in [-0.4, -0.2) is 54.5 Å². The van der Waals surface area contributed by atoms with Crippen LogP contribution in [0.15, 0.2) is 36.2 Å². The number of benzene rings is 1. The Labute approximate surface area is 190 Å². The number of aromatic nitrogens is 6. The van der Waals surface area contributed by atoms with Crippen LogP contribution in [0.3, 0.4) is 0 Å². The van der Waals surface area contributed by atoms with Gasteiger partial charge in [0.2, 0.25) is 5.95 Å². The number of H-pyrrole nitrogens is 1. The van der Waals surface area contributed by atoms with Crippen molar-refractivity contribution in [1.29, 1.82) is 0 Å². The van der Waals surface area contributed by atoms with E-state index in [2.05, 4.69) is 68.6 Å². The monoisotopic (exact) mass is 446 g/mol. The van der Waals surface area contributed by atoms with Gasteiger partial charge in [-0.2, -0.15) is 5.10 Å². The summed E-state index contributed by atoms with van der Waals surface area (Å²) in [4.78, 5) is 11.5. The van der Waals surface area contributed by atoms with Crippen LogP contribution in [0.25, 0.3) is 32.6 Å². The molecule has 9 heteroatoms. The number of anilines is 1. The van der Waals surface area contributed by atoms with Crippen molar-refractivity contribution in [2.45, 2.75) is 56.7 Å². The number of piperidine rings is 1. The summed E-state index contributed by atoms with van der Waals surface area (Å²) in [5.41, 5.74) is 7.06. The van der Waals surface area contributed by atoms with Gasteiger partial charge in [-0.05, 0) is 39.5 Å². The van der Waals surface area contributed by atoms with Crippen LogP contribution in [0.5, 0.6) is 0 Å². The first-order valence-electron chi connectivity index (χ1n) is 11.0. The van der Waals surface area contributed by atoms with Crippen LogP contribution in [0.4, 0.5) is 5.95 Å². The Bertz CT molecular complexity index is 1250. The number of fused-ring (bicyclic) bond motifs is 3. The average molecular weight is 447 g/mol. The quantitative estimate of drug-likeness (QED) is 0.488. The molecule has 2 saturated heterocycles. The van der Waals surface area contributed by atoms with Crippen molar-refractivity contribution in [1.82, 2.24) is 35.7 Å². The Morgan fingerprint density at radius 1 is 1.03 bits per heavy atom. The second-order valence-electron chi connectivity index (χ2n) is 9.74. The number of nitrogens with one attached hydrogen (secondary N) is 2. The molecule has 164 valence electrons. The zero-order valence-electron chi connectivity index (χ0n) is 18.5. The molecule has 0 aliphatic carbocycles. The highest BCUT2D eigenvalue weighted by molar-refractivity contribution is 7.17. The summed E-state index contributed by atoms with van der Waals surface area (Å²) in [5.74, 6) is 0.683. The molecule has 0 saturated carbocycles. The van der Waals surface area contributed by atoms with Gasteiger partial charge in [-0.15, -0.1) is 21.5 Å². The molecular weight excluding hydrogens is 420 g/mol. The second-order valence-corrected chi connectivity index (χ2v) is 10.6. The summed E-state index contributed by atoms with van der Waals surface area (Å²) in [6.45, 7) is 4.68. The molecule has 2 bridgehead atoms. The number of thiazole rings is 1. The van der Waals surface area contributed by atoms with E-state index in [1.54, 1.807) is 11.3 Å². The van der Waals surface area contributed by atoms with Crippen LogP contribution in [-0.2, 0) is 0 Å². The summed E-state index contributed by atoms with van der Waals surface area (Å²) < 4.78 is 1.08. The van der Waals surface area contributed by atoms with E-state index in [9.17, 15) is 0 Å². The smallest absolute Gasteiger partial charge is 0.245 e. The highest BCUT2D eigenvalue weighted by Crippen LogP contribution is 2.43. The van der Waals surface area contributed by atoms with Gasteiger partial charge in [0.25, 0.3) is 0 Å². The maximum absolute atomic E-state index is 4.71. The zero-order chi connectivity index (χ0) is 21.9. The van der Waals surface area contributed by atoms with Crippen LogP contribution in [0, 0.1) is 0 Å². The van der Waals surface area contributed by atoms with Crippen LogP contribution >= 0.6 is 11.3 Å².